The van der Waals surface area contributed by atoms with E-state index in [1.807, 2.05) is 9.80 Å². The lowest BCUT2D eigenvalue weighted by atomic mass is 9.95. The minimum Gasteiger partial charge on any atom is -0.493 e. The third-order valence-electron chi connectivity index (χ3n) is 6.86. The van der Waals surface area contributed by atoms with Crippen molar-refractivity contribution in [1.82, 2.24) is 15.1 Å². The van der Waals surface area contributed by atoms with Gasteiger partial charge in [-0.15, -0.1) is 0 Å². The Morgan fingerprint density at radius 2 is 1.81 bits per heavy atom. The molecule has 2 heterocycles. The predicted octanol–water partition coefficient (Wildman–Crippen LogP) is 1.93. The monoisotopic (exact) mass is 443 g/mol. The zero-order valence-electron chi connectivity index (χ0n) is 19.0. The third-order valence-corrected chi connectivity index (χ3v) is 6.86. The second kappa shape index (κ2) is 9.79. The van der Waals surface area contributed by atoms with Gasteiger partial charge < -0.3 is 24.6 Å². The van der Waals surface area contributed by atoms with Crippen LogP contribution in [-0.2, 0) is 9.59 Å². The number of hydrogen-bond donors (Lipinski definition) is 1. The number of methoxy groups -OCH3 is 2. The van der Waals surface area contributed by atoms with Gasteiger partial charge in [-0.2, -0.15) is 0 Å². The van der Waals surface area contributed by atoms with Crippen molar-refractivity contribution in [1.29, 1.82) is 0 Å². The Balaban J connectivity index is 1.27. The lowest BCUT2D eigenvalue weighted by Crippen LogP contribution is -2.42. The van der Waals surface area contributed by atoms with Crippen molar-refractivity contribution >= 4 is 17.7 Å². The zero-order chi connectivity index (χ0) is 22.7. The first kappa shape index (κ1) is 22.4. The molecule has 1 saturated carbocycles. The number of rotatable bonds is 8. The third kappa shape index (κ3) is 5.00. The Morgan fingerprint density at radius 3 is 2.47 bits per heavy atom. The van der Waals surface area contributed by atoms with Crippen molar-refractivity contribution in [2.75, 3.05) is 46.9 Å². The molecule has 1 unspecified atom stereocenters. The van der Waals surface area contributed by atoms with E-state index in [0.29, 0.717) is 61.5 Å². The summed E-state index contributed by atoms with van der Waals surface area (Å²) in [6.07, 6.45) is 4.37. The van der Waals surface area contributed by atoms with Gasteiger partial charge in [-0.3, -0.25) is 14.4 Å². The van der Waals surface area contributed by atoms with E-state index in [4.69, 9.17) is 9.47 Å². The highest BCUT2D eigenvalue weighted by molar-refractivity contribution is 5.98. The van der Waals surface area contributed by atoms with Crippen LogP contribution in [0.2, 0.25) is 0 Å². The summed E-state index contributed by atoms with van der Waals surface area (Å²) in [5.74, 6) is 1.75. The van der Waals surface area contributed by atoms with Crippen LogP contribution >= 0.6 is 0 Å². The maximum absolute atomic E-state index is 13.1. The Bertz CT molecular complexity index is 861. The van der Waals surface area contributed by atoms with Crippen molar-refractivity contribution in [3.8, 4) is 11.5 Å². The summed E-state index contributed by atoms with van der Waals surface area (Å²) in [5.41, 5.74) is 0.500. The second-order valence-corrected chi connectivity index (χ2v) is 9.16. The average molecular weight is 444 g/mol. The van der Waals surface area contributed by atoms with Gasteiger partial charge in [0.05, 0.1) is 25.7 Å². The molecule has 1 N–H and O–H groups in total. The maximum atomic E-state index is 13.1. The van der Waals surface area contributed by atoms with Crippen LogP contribution < -0.4 is 14.8 Å². The highest BCUT2D eigenvalue weighted by Crippen LogP contribution is 2.33. The highest BCUT2D eigenvalue weighted by atomic mass is 16.5. The number of ether oxygens (including phenoxy) is 2. The summed E-state index contributed by atoms with van der Waals surface area (Å²) in [7, 11) is 3.09. The number of likely N-dealkylation sites (tertiary alicyclic amines) is 2. The summed E-state index contributed by atoms with van der Waals surface area (Å²) in [6, 6.07) is 5.32. The minimum absolute atomic E-state index is 0.0143. The van der Waals surface area contributed by atoms with E-state index in [2.05, 4.69) is 5.32 Å². The molecule has 1 aliphatic carbocycles. The number of piperidine rings is 1. The van der Waals surface area contributed by atoms with E-state index in [9.17, 15) is 14.4 Å². The first-order valence-electron chi connectivity index (χ1n) is 11.6. The Labute approximate surface area is 189 Å². The molecule has 3 amide bonds. The predicted molar refractivity (Wildman–Crippen MR) is 119 cm³/mol. The molecular formula is C24H33N3O5. The lowest BCUT2D eigenvalue weighted by Gasteiger charge is -2.34. The van der Waals surface area contributed by atoms with Crippen LogP contribution in [0.25, 0.3) is 0 Å². The number of nitrogens with one attached hydrogen (secondary N) is 1. The molecule has 2 aliphatic heterocycles. The van der Waals surface area contributed by atoms with Gasteiger partial charge >= 0.3 is 0 Å². The molecule has 1 aromatic carbocycles. The van der Waals surface area contributed by atoms with E-state index in [1.165, 1.54) is 20.0 Å². The number of amides is 3. The van der Waals surface area contributed by atoms with Crippen LogP contribution in [0, 0.1) is 17.8 Å². The molecule has 8 heteroatoms. The highest BCUT2D eigenvalue weighted by Gasteiger charge is 2.36. The first-order chi connectivity index (χ1) is 15.5. The smallest absolute Gasteiger partial charge is 0.257 e. The van der Waals surface area contributed by atoms with Crippen LogP contribution in [0.5, 0.6) is 11.5 Å². The number of benzene rings is 1. The molecule has 8 nitrogen and oxygen atoms in total. The fourth-order valence-corrected chi connectivity index (χ4v) is 4.69. The summed E-state index contributed by atoms with van der Waals surface area (Å²) >= 11 is 0. The van der Waals surface area contributed by atoms with Gasteiger partial charge in [0, 0.05) is 39.1 Å². The summed E-state index contributed by atoms with van der Waals surface area (Å²) in [4.78, 5) is 41.6. The summed E-state index contributed by atoms with van der Waals surface area (Å²) in [6.45, 7) is 3.19. The van der Waals surface area contributed by atoms with Crippen molar-refractivity contribution in [2.45, 2.75) is 32.1 Å². The fraction of sp³-hybridized carbons (Fsp3) is 0.625. The van der Waals surface area contributed by atoms with Crippen LogP contribution in [0.15, 0.2) is 18.2 Å². The standard InChI is InChI=1S/C24H33N3O5/c1-31-20-5-3-4-19(22(20)32-2)24(30)26-10-8-17(9-11-26)14-27-15-18(12-21(27)28)23(29)25-13-16-6-7-16/h3-5,16-18H,6-15H2,1-2H3,(H,25,29). The van der Waals surface area contributed by atoms with Crippen molar-refractivity contribution in [3.63, 3.8) is 0 Å². The Morgan fingerprint density at radius 1 is 1.06 bits per heavy atom. The van der Waals surface area contributed by atoms with Crippen LogP contribution in [-0.4, -0.2) is 74.5 Å². The van der Waals surface area contributed by atoms with E-state index in [0.717, 1.165) is 19.4 Å². The Hall–Kier alpha value is -2.77. The van der Waals surface area contributed by atoms with Crippen LogP contribution in [0.3, 0.4) is 0 Å². The maximum Gasteiger partial charge on any atom is 0.257 e. The minimum atomic E-state index is -0.233. The summed E-state index contributed by atoms with van der Waals surface area (Å²) in [5, 5.41) is 3.00. The molecule has 1 atom stereocenters. The molecule has 4 rings (SSSR count). The molecular weight excluding hydrogens is 410 g/mol. The summed E-state index contributed by atoms with van der Waals surface area (Å²) < 4.78 is 10.7. The quantitative estimate of drug-likeness (QED) is 0.663. The van der Waals surface area contributed by atoms with Gasteiger partial charge in [0.2, 0.25) is 11.8 Å². The lowest BCUT2D eigenvalue weighted by molar-refractivity contribution is -0.129. The molecule has 2 saturated heterocycles. The number of para-hydroxylation sites is 1. The fourth-order valence-electron chi connectivity index (χ4n) is 4.69. The molecule has 32 heavy (non-hydrogen) atoms. The first-order valence-corrected chi connectivity index (χ1v) is 11.6. The van der Waals surface area contributed by atoms with Crippen molar-refractivity contribution < 1.29 is 23.9 Å². The van der Waals surface area contributed by atoms with Gasteiger partial charge in [0.15, 0.2) is 11.5 Å². The topological polar surface area (TPSA) is 88.2 Å². The molecule has 0 bridgehead atoms. The van der Waals surface area contributed by atoms with Crippen molar-refractivity contribution in [3.05, 3.63) is 23.8 Å². The number of hydrogen-bond acceptors (Lipinski definition) is 5. The van der Waals surface area contributed by atoms with E-state index >= 15 is 0 Å². The van der Waals surface area contributed by atoms with E-state index in [1.54, 1.807) is 25.3 Å². The van der Waals surface area contributed by atoms with Gasteiger partial charge in [0.25, 0.3) is 5.91 Å². The average Bonchev–Trinajstić information content (AvgIpc) is 3.58. The van der Waals surface area contributed by atoms with E-state index in [-0.39, 0.29) is 23.6 Å². The molecule has 0 radical (unpaired) electrons. The molecule has 0 aromatic heterocycles. The molecule has 1 aromatic rings. The molecule has 174 valence electrons. The number of carbonyl (C=O) groups is 3. The van der Waals surface area contributed by atoms with Gasteiger partial charge in [-0.05, 0) is 49.7 Å². The van der Waals surface area contributed by atoms with Crippen LogP contribution in [0.4, 0.5) is 0 Å². The van der Waals surface area contributed by atoms with Crippen LogP contribution in [0.1, 0.15) is 42.5 Å². The number of carbonyl (C=O) groups excluding carboxylic acids is 3. The van der Waals surface area contributed by atoms with Gasteiger partial charge in [-0.25, -0.2) is 0 Å². The van der Waals surface area contributed by atoms with E-state index < -0.39 is 0 Å². The number of nitrogens with zero attached hydrogens (tertiary/aromatic N) is 2. The zero-order valence-corrected chi connectivity index (χ0v) is 19.0. The molecule has 3 fully saturated rings. The Kier molecular flexibility index (Phi) is 6.86. The SMILES string of the molecule is COc1cccc(C(=O)N2CCC(CN3CC(C(=O)NCC4CC4)CC3=O)CC2)c1OC. The molecule has 0 spiro atoms. The van der Waals surface area contributed by atoms with Gasteiger partial charge in [0.1, 0.15) is 0 Å². The largest absolute Gasteiger partial charge is 0.493 e. The second-order valence-electron chi connectivity index (χ2n) is 9.16. The normalized spacial score (nSPS) is 21.6. The molecule has 3 aliphatic rings. The van der Waals surface area contributed by atoms with Crippen molar-refractivity contribution in [2.24, 2.45) is 17.8 Å². The van der Waals surface area contributed by atoms with Gasteiger partial charge in [-0.1, -0.05) is 6.07 Å².